The number of hydrogen-bond acceptors (Lipinski definition) is 8. The molecule has 2 aromatic heterocycles. The van der Waals surface area contributed by atoms with Crippen molar-refractivity contribution >= 4 is 34.7 Å². The van der Waals surface area contributed by atoms with E-state index in [1.54, 1.807) is 46.9 Å². The summed E-state index contributed by atoms with van der Waals surface area (Å²) in [7, 11) is 6.83. The molecule has 2 aromatic rings. The maximum Gasteiger partial charge on any atom is 0.325 e. The van der Waals surface area contributed by atoms with Gasteiger partial charge in [0.15, 0.2) is 5.11 Å². The lowest BCUT2D eigenvalue weighted by atomic mass is 10.2. The minimum absolute atomic E-state index is 0.330. The van der Waals surface area contributed by atoms with Crippen LogP contribution in [-0.2, 0) is 13.1 Å². The molecule has 0 saturated carbocycles. The maximum atomic E-state index is 11.3. The number of H-pyrrole nitrogens is 4. The van der Waals surface area contributed by atoms with Gasteiger partial charge in [-0.05, 0) is 45.3 Å². The summed E-state index contributed by atoms with van der Waals surface area (Å²) in [6.45, 7) is 4.19. The monoisotopic (exact) mass is 484 g/mol. The highest BCUT2D eigenvalue weighted by Gasteiger charge is 2.09. The molecule has 0 radical (unpaired) electrons. The topological polar surface area (TPSA) is 171 Å². The molecule has 14 heteroatoms. The first kappa shape index (κ1) is 28.8. The molecule has 0 aliphatic heterocycles. The molecule has 0 atom stereocenters. The lowest BCUT2D eigenvalue weighted by Crippen LogP contribution is -2.36. The van der Waals surface area contributed by atoms with Crippen LogP contribution in [0.1, 0.15) is 22.5 Å². The zero-order chi connectivity index (χ0) is 24.8. The standard InChI is InChI=1S/C9H14N4O2S.C7H11N3O2.C2H3NS/c1-5-6(4-13(3)9(16)10-2)11-8(15)12-7(5)14;1-4-5(3-8-2)9-7(12)10-6(4)11;1-3-2-4/h4H2,1-3H3,(H,10,16)(H2,11,12,14,15);8H,3H2,1-2H3,(H2,9,10,11,12);1H3. The number of isothiocyanates is 1. The van der Waals surface area contributed by atoms with Crippen LogP contribution in [0.4, 0.5) is 0 Å². The molecule has 2 rings (SSSR count). The third-order valence-corrected chi connectivity index (χ3v) is 4.67. The third-order valence-electron chi connectivity index (χ3n) is 3.97. The lowest BCUT2D eigenvalue weighted by molar-refractivity contribution is 0.483. The second-order valence-electron chi connectivity index (χ2n) is 6.28. The van der Waals surface area contributed by atoms with E-state index >= 15 is 0 Å². The molecule has 0 saturated heterocycles. The van der Waals surface area contributed by atoms with Crippen LogP contribution in [0, 0.1) is 13.8 Å². The van der Waals surface area contributed by atoms with Crippen molar-refractivity contribution < 1.29 is 0 Å². The highest BCUT2D eigenvalue weighted by atomic mass is 32.1. The van der Waals surface area contributed by atoms with Crippen LogP contribution < -0.4 is 33.1 Å². The molecule has 0 unspecified atom stereocenters. The van der Waals surface area contributed by atoms with Gasteiger partial charge in [-0.25, -0.2) is 14.6 Å². The van der Waals surface area contributed by atoms with E-state index < -0.39 is 11.4 Å². The van der Waals surface area contributed by atoms with E-state index in [0.29, 0.717) is 40.7 Å². The smallest absolute Gasteiger partial charge is 0.325 e. The Morgan fingerprint density at radius 2 is 1.41 bits per heavy atom. The molecule has 0 bridgehead atoms. The van der Waals surface area contributed by atoms with Gasteiger partial charge in [0.05, 0.1) is 11.7 Å². The van der Waals surface area contributed by atoms with Gasteiger partial charge in [0.1, 0.15) is 0 Å². The third kappa shape index (κ3) is 9.75. The number of hydrogen-bond donors (Lipinski definition) is 6. The van der Waals surface area contributed by atoms with Gasteiger partial charge in [0, 0.05) is 50.2 Å². The summed E-state index contributed by atoms with van der Waals surface area (Å²) in [5, 5.41) is 8.35. The largest absolute Gasteiger partial charge is 0.366 e. The molecule has 0 fully saturated rings. The molecular weight excluding hydrogens is 456 g/mol. The van der Waals surface area contributed by atoms with Crippen molar-refractivity contribution in [2.24, 2.45) is 4.99 Å². The van der Waals surface area contributed by atoms with Crippen LogP contribution in [0.2, 0.25) is 0 Å². The summed E-state index contributed by atoms with van der Waals surface area (Å²) < 4.78 is 0. The Labute approximate surface area is 194 Å². The number of aromatic nitrogens is 4. The van der Waals surface area contributed by atoms with E-state index in [1.165, 1.54) is 0 Å². The minimum atomic E-state index is -0.505. The van der Waals surface area contributed by atoms with E-state index in [9.17, 15) is 19.2 Å². The average molecular weight is 485 g/mol. The Morgan fingerprint density at radius 1 is 0.969 bits per heavy atom. The first-order valence-corrected chi connectivity index (χ1v) is 10.0. The first-order valence-electron chi connectivity index (χ1n) is 9.19. The quantitative estimate of drug-likeness (QED) is 0.238. The normalized spacial score (nSPS) is 9.31. The zero-order valence-corrected chi connectivity index (χ0v) is 20.4. The molecule has 0 aliphatic rings. The van der Waals surface area contributed by atoms with Gasteiger partial charge in [-0.15, -0.1) is 0 Å². The molecule has 0 spiro atoms. The van der Waals surface area contributed by atoms with Gasteiger partial charge in [0.25, 0.3) is 11.1 Å². The predicted octanol–water partition coefficient (Wildman–Crippen LogP) is -0.882. The van der Waals surface area contributed by atoms with Gasteiger partial charge in [0.2, 0.25) is 0 Å². The minimum Gasteiger partial charge on any atom is -0.366 e. The molecule has 32 heavy (non-hydrogen) atoms. The van der Waals surface area contributed by atoms with Crippen LogP contribution in [0.25, 0.3) is 0 Å². The second-order valence-corrected chi connectivity index (χ2v) is 6.85. The van der Waals surface area contributed by atoms with Crippen molar-refractivity contribution in [2.75, 3.05) is 28.2 Å². The summed E-state index contributed by atoms with van der Waals surface area (Å²) >= 11 is 9.16. The van der Waals surface area contributed by atoms with Crippen molar-refractivity contribution in [3.8, 4) is 0 Å². The summed E-state index contributed by atoms with van der Waals surface area (Å²) in [4.78, 5) is 58.7. The van der Waals surface area contributed by atoms with Crippen LogP contribution in [-0.4, -0.2) is 63.3 Å². The highest BCUT2D eigenvalue weighted by Crippen LogP contribution is 2.00. The molecule has 12 nitrogen and oxygen atoms in total. The van der Waals surface area contributed by atoms with E-state index in [0.717, 1.165) is 0 Å². The van der Waals surface area contributed by atoms with Gasteiger partial charge in [-0.3, -0.25) is 19.6 Å². The molecule has 2 heterocycles. The van der Waals surface area contributed by atoms with Crippen molar-refractivity contribution in [3.63, 3.8) is 0 Å². The highest BCUT2D eigenvalue weighted by molar-refractivity contribution is 7.80. The number of nitrogens with zero attached hydrogens (tertiary/aromatic N) is 2. The molecule has 0 amide bonds. The summed E-state index contributed by atoms with van der Waals surface area (Å²) in [5.74, 6) is 0. The van der Waals surface area contributed by atoms with Gasteiger partial charge in [-0.2, -0.15) is 0 Å². The van der Waals surface area contributed by atoms with Crippen LogP contribution in [0.15, 0.2) is 24.2 Å². The number of nitrogens with one attached hydrogen (secondary N) is 6. The van der Waals surface area contributed by atoms with Crippen molar-refractivity contribution in [3.05, 3.63) is 64.2 Å². The number of aromatic amines is 4. The van der Waals surface area contributed by atoms with Gasteiger partial charge >= 0.3 is 11.4 Å². The summed E-state index contributed by atoms with van der Waals surface area (Å²) in [5.41, 5.74) is 0.561. The zero-order valence-electron chi connectivity index (χ0n) is 18.8. The molecule has 6 N–H and O–H groups in total. The van der Waals surface area contributed by atoms with Gasteiger partial charge < -0.3 is 25.5 Å². The fourth-order valence-electron chi connectivity index (χ4n) is 2.20. The number of thiocarbonyl (C=S) groups is 2. The van der Waals surface area contributed by atoms with E-state index in [4.69, 9.17) is 12.2 Å². The number of rotatable bonds is 4. The predicted molar refractivity (Wildman–Crippen MR) is 132 cm³/mol. The Bertz CT molecular complexity index is 1170. The van der Waals surface area contributed by atoms with Crippen molar-refractivity contribution in [1.82, 2.24) is 35.5 Å². The number of aliphatic imine (C=N–C) groups is 1. The lowest BCUT2D eigenvalue weighted by Gasteiger charge is -2.19. The Kier molecular flexibility index (Phi) is 13.3. The summed E-state index contributed by atoms with van der Waals surface area (Å²) in [6.07, 6.45) is 0. The van der Waals surface area contributed by atoms with E-state index in [2.05, 4.69) is 52.9 Å². The van der Waals surface area contributed by atoms with Crippen molar-refractivity contribution in [2.45, 2.75) is 26.9 Å². The van der Waals surface area contributed by atoms with Crippen molar-refractivity contribution in [1.29, 1.82) is 0 Å². The molecular formula is C18H28N8O4S2. The van der Waals surface area contributed by atoms with Gasteiger partial charge in [-0.1, -0.05) is 0 Å². The first-order chi connectivity index (χ1) is 15.0. The Hall–Kier alpha value is -3.19. The maximum absolute atomic E-state index is 11.3. The second kappa shape index (κ2) is 14.8. The van der Waals surface area contributed by atoms with E-state index in [-0.39, 0.29) is 11.1 Å². The summed E-state index contributed by atoms with van der Waals surface area (Å²) in [6, 6.07) is 0. The molecule has 0 aromatic carbocycles. The average Bonchev–Trinajstić information content (AvgIpc) is 2.75. The van der Waals surface area contributed by atoms with Crippen LogP contribution in [0.3, 0.4) is 0 Å². The Morgan fingerprint density at radius 3 is 1.81 bits per heavy atom. The Balaban J connectivity index is 0.000000529. The van der Waals surface area contributed by atoms with Crippen LogP contribution in [0.5, 0.6) is 0 Å². The fraction of sp³-hybridized carbons (Fsp3) is 0.444. The van der Waals surface area contributed by atoms with Crippen LogP contribution >= 0.6 is 24.4 Å². The fourth-order valence-corrected chi connectivity index (χ4v) is 2.27. The molecule has 176 valence electrons. The SMILES string of the molecule is CN=C=S.CNC(=S)N(C)Cc1[nH]c(=O)[nH]c(=O)c1C.CNCc1[nH]c(=O)[nH]c(=O)c1C. The van der Waals surface area contributed by atoms with E-state index in [1.807, 2.05) is 0 Å². The molecule has 0 aliphatic carbocycles.